The van der Waals surface area contributed by atoms with Crippen LogP contribution in [0.2, 0.25) is 10.0 Å². The van der Waals surface area contributed by atoms with Gasteiger partial charge in [-0.2, -0.15) is 0 Å². The normalized spacial score (nSPS) is 11.6. The van der Waals surface area contributed by atoms with Gasteiger partial charge in [-0.15, -0.1) is 0 Å². The van der Waals surface area contributed by atoms with Gasteiger partial charge in [-0.05, 0) is 38.1 Å². The minimum atomic E-state index is -0.515. The number of rotatable bonds is 8. The molecule has 0 radical (unpaired) electrons. The number of hydrogen-bond donors (Lipinski definition) is 1. The van der Waals surface area contributed by atoms with Gasteiger partial charge in [0, 0.05) is 23.2 Å². The minimum Gasteiger partial charge on any atom is -0.466 e. The Morgan fingerprint density at radius 1 is 1.26 bits per heavy atom. The Balaban J connectivity index is 2.22. The number of nitro benzene ring substituents is 1. The van der Waals surface area contributed by atoms with Gasteiger partial charge in [0.2, 0.25) is 0 Å². The molecule has 0 aliphatic carbocycles. The molecule has 0 aliphatic heterocycles. The smallest absolute Gasteiger partial charge is 0.307 e. The molecule has 0 heterocycles. The summed E-state index contributed by atoms with van der Waals surface area (Å²) < 4.78 is 10.6. The maximum absolute atomic E-state index is 11.6. The molecule has 0 saturated heterocycles. The number of nitrogens with zero attached hydrogens (tertiary/aromatic N) is 1. The van der Waals surface area contributed by atoms with E-state index < -0.39 is 4.92 Å². The van der Waals surface area contributed by atoms with E-state index in [0.717, 1.165) is 0 Å². The number of carbonyl (C=O) groups is 1. The van der Waals surface area contributed by atoms with Gasteiger partial charge in [-0.25, -0.2) is 0 Å². The van der Waals surface area contributed by atoms with Crippen LogP contribution < -0.4 is 10.1 Å². The predicted octanol–water partition coefficient (Wildman–Crippen LogP) is 5.45. The second-order valence-electron chi connectivity index (χ2n) is 5.67. The molecule has 144 valence electrons. The third kappa shape index (κ3) is 6.01. The Hall–Kier alpha value is -2.51. The molecular formula is C18H18Cl2N2O5. The number of hydrogen-bond acceptors (Lipinski definition) is 6. The Kier molecular flexibility index (Phi) is 7.27. The first kappa shape index (κ1) is 20.8. The van der Waals surface area contributed by atoms with Crippen molar-refractivity contribution in [1.82, 2.24) is 0 Å². The maximum atomic E-state index is 11.6. The van der Waals surface area contributed by atoms with E-state index in [2.05, 4.69) is 5.32 Å². The number of benzene rings is 2. The fraction of sp³-hybridized carbons (Fsp3) is 0.278. The summed E-state index contributed by atoms with van der Waals surface area (Å²) in [6.45, 7) is 3.71. The topological polar surface area (TPSA) is 90.7 Å². The van der Waals surface area contributed by atoms with E-state index >= 15 is 0 Å². The van der Waals surface area contributed by atoms with Crippen LogP contribution in [0.25, 0.3) is 0 Å². The number of halogens is 2. The average molecular weight is 413 g/mol. The molecule has 27 heavy (non-hydrogen) atoms. The first-order valence-electron chi connectivity index (χ1n) is 8.13. The monoisotopic (exact) mass is 412 g/mol. The molecule has 9 heteroatoms. The Labute approximate surface area is 166 Å². The maximum Gasteiger partial charge on any atom is 0.307 e. The molecule has 7 nitrogen and oxygen atoms in total. The van der Waals surface area contributed by atoms with Crippen molar-refractivity contribution in [2.75, 3.05) is 11.9 Å². The van der Waals surface area contributed by atoms with Crippen LogP contribution in [-0.4, -0.2) is 23.5 Å². The van der Waals surface area contributed by atoms with E-state index in [0.29, 0.717) is 21.5 Å². The lowest BCUT2D eigenvalue weighted by molar-refractivity contribution is -0.384. The fourth-order valence-electron chi connectivity index (χ4n) is 2.32. The molecule has 1 atom stereocenters. The van der Waals surface area contributed by atoms with E-state index in [9.17, 15) is 14.9 Å². The molecule has 0 saturated carbocycles. The van der Waals surface area contributed by atoms with E-state index in [1.807, 2.05) is 0 Å². The highest BCUT2D eigenvalue weighted by Crippen LogP contribution is 2.35. The van der Waals surface area contributed by atoms with E-state index in [4.69, 9.17) is 32.7 Å². The van der Waals surface area contributed by atoms with Gasteiger partial charge in [0.15, 0.2) is 0 Å². The van der Waals surface area contributed by atoms with Crippen molar-refractivity contribution in [2.24, 2.45) is 0 Å². The quantitative estimate of drug-likeness (QED) is 0.352. The van der Waals surface area contributed by atoms with Crippen molar-refractivity contribution in [3.8, 4) is 11.5 Å². The second-order valence-corrected chi connectivity index (χ2v) is 6.51. The van der Waals surface area contributed by atoms with E-state index in [1.54, 1.807) is 26.0 Å². The molecule has 0 aliphatic rings. The van der Waals surface area contributed by atoms with E-state index in [-0.39, 0.29) is 36.4 Å². The van der Waals surface area contributed by atoms with Gasteiger partial charge in [-0.3, -0.25) is 14.9 Å². The van der Waals surface area contributed by atoms with Crippen molar-refractivity contribution in [3.63, 3.8) is 0 Å². The summed E-state index contributed by atoms with van der Waals surface area (Å²) in [6, 6.07) is 8.63. The van der Waals surface area contributed by atoms with Crippen LogP contribution in [0.5, 0.6) is 11.5 Å². The average Bonchev–Trinajstić information content (AvgIpc) is 2.57. The summed E-state index contributed by atoms with van der Waals surface area (Å²) >= 11 is 11.9. The molecule has 2 rings (SSSR count). The number of carbonyl (C=O) groups excluding carboxylic acids is 1. The third-order valence-corrected chi connectivity index (χ3v) is 4.00. The van der Waals surface area contributed by atoms with Crippen LogP contribution in [-0.2, 0) is 9.53 Å². The molecule has 1 unspecified atom stereocenters. The zero-order valence-corrected chi connectivity index (χ0v) is 16.2. The summed E-state index contributed by atoms with van der Waals surface area (Å²) in [7, 11) is 0. The minimum absolute atomic E-state index is 0.0685. The highest BCUT2D eigenvalue weighted by atomic mass is 35.5. The first-order chi connectivity index (χ1) is 12.8. The summed E-state index contributed by atoms with van der Waals surface area (Å²) in [5.41, 5.74) is 0.0830. The molecule has 0 aromatic heterocycles. The van der Waals surface area contributed by atoms with Crippen LogP contribution in [0.4, 0.5) is 11.4 Å². The summed E-state index contributed by atoms with van der Waals surface area (Å²) in [6.07, 6.45) is 0.0685. The lowest BCUT2D eigenvalue weighted by Crippen LogP contribution is -2.21. The van der Waals surface area contributed by atoms with Gasteiger partial charge < -0.3 is 14.8 Å². The first-order valence-corrected chi connectivity index (χ1v) is 8.89. The van der Waals surface area contributed by atoms with Crippen LogP contribution in [0, 0.1) is 10.1 Å². The van der Waals surface area contributed by atoms with Crippen LogP contribution in [0.1, 0.15) is 20.3 Å². The SMILES string of the molecule is CCOC(=O)CC(C)Nc1cc(Oc2ccc(Cl)cc2Cl)ccc1[N+](=O)[O-]. The van der Waals surface area contributed by atoms with Crippen molar-refractivity contribution >= 4 is 40.5 Å². The predicted molar refractivity (Wildman–Crippen MR) is 104 cm³/mol. The van der Waals surface area contributed by atoms with Crippen molar-refractivity contribution in [3.05, 3.63) is 56.6 Å². The largest absolute Gasteiger partial charge is 0.466 e. The lowest BCUT2D eigenvalue weighted by atomic mass is 10.2. The Bertz CT molecular complexity index is 844. The van der Waals surface area contributed by atoms with Gasteiger partial charge in [0.1, 0.15) is 17.2 Å². The summed E-state index contributed by atoms with van der Waals surface area (Å²) in [5.74, 6) is 0.316. The van der Waals surface area contributed by atoms with Crippen molar-refractivity contribution in [2.45, 2.75) is 26.3 Å². The van der Waals surface area contributed by atoms with Crippen molar-refractivity contribution < 1.29 is 19.2 Å². The molecular weight excluding hydrogens is 395 g/mol. The summed E-state index contributed by atoms with van der Waals surface area (Å²) in [5, 5.41) is 15.0. The second kappa shape index (κ2) is 9.43. The number of nitro groups is 1. The van der Waals surface area contributed by atoms with Crippen LogP contribution >= 0.6 is 23.2 Å². The van der Waals surface area contributed by atoms with E-state index in [1.165, 1.54) is 24.3 Å². The number of anilines is 1. The molecule has 2 aromatic rings. The van der Waals surface area contributed by atoms with Crippen molar-refractivity contribution in [1.29, 1.82) is 0 Å². The molecule has 0 fully saturated rings. The van der Waals surface area contributed by atoms with Gasteiger partial charge >= 0.3 is 5.97 Å². The van der Waals surface area contributed by atoms with Crippen LogP contribution in [0.15, 0.2) is 36.4 Å². The van der Waals surface area contributed by atoms with Gasteiger partial charge in [0.25, 0.3) is 5.69 Å². The number of nitrogens with one attached hydrogen (secondary N) is 1. The highest BCUT2D eigenvalue weighted by Gasteiger charge is 2.19. The standard InChI is InChI=1S/C18H18Cl2N2O5/c1-3-26-18(23)8-11(2)21-15-10-13(5-6-16(15)22(24)25)27-17-7-4-12(19)9-14(17)20/h4-7,9-11,21H,3,8H2,1-2H3. The molecule has 0 spiro atoms. The zero-order chi connectivity index (χ0) is 20.0. The zero-order valence-electron chi connectivity index (χ0n) is 14.7. The number of ether oxygens (including phenoxy) is 2. The molecule has 1 N–H and O–H groups in total. The fourth-order valence-corrected chi connectivity index (χ4v) is 2.77. The highest BCUT2D eigenvalue weighted by molar-refractivity contribution is 6.35. The van der Waals surface area contributed by atoms with Gasteiger partial charge in [0.05, 0.1) is 23.0 Å². The van der Waals surface area contributed by atoms with Gasteiger partial charge in [-0.1, -0.05) is 23.2 Å². The van der Waals surface area contributed by atoms with Crippen LogP contribution in [0.3, 0.4) is 0 Å². The molecule has 2 aromatic carbocycles. The Morgan fingerprint density at radius 2 is 2.00 bits per heavy atom. The molecule has 0 bridgehead atoms. The summed E-state index contributed by atoms with van der Waals surface area (Å²) in [4.78, 5) is 22.4. The third-order valence-electron chi connectivity index (χ3n) is 3.47. The lowest BCUT2D eigenvalue weighted by Gasteiger charge is -2.16. The Morgan fingerprint density at radius 3 is 2.63 bits per heavy atom. The number of esters is 1. The molecule has 0 amide bonds.